The molecule has 0 unspecified atom stereocenters. The zero-order chi connectivity index (χ0) is 12.2. The fourth-order valence-corrected chi connectivity index (χ4v) is 2.36. The smallest absolute Gasteiger partial charge is 0.256 e. The largest absolute Gasteiger partial charge is 0.321 e. The SMILES string of the molecule is CC(C)(C)c1ccc2c3c(ccnc13)C(=O)N2. The monoisotopic (exact) mass is 226 g/mol. The van der Waals surface area contributed by atoms with Crippen molar-refractivity contribution in [1.29, 1.82) is 0 Å². The zero-order valence-electron chi connectivity index (χ0n) is 10.2. The Morgan fingerprint density at radius 3 is 2.65 bits per heavy atom. The number of pyridine rings is 1. The quantitative estimate of drug-likeness (QED) is 0.750. The molecule has 1 aliphatic rings. The van der Waals surface area contributed by atoms with E-state index in [0.29, 0.717) is 0 Å². The van der Waals surface area contributed by atoms with Crippen LogP contribution in [0.3, 0.4) is 0 Å². The van der Waals surface area contributed by atoms with Gasteiger partial charge in [0.25, 0.3) is 5.91 Å². The van der Waals surface area contributed by atoms with Gasteiger partial charge in [-0.1, -0.05) is 26.8 Å². The van der Waals surface area contributed by atoms with Crippen molar-refractivity contribution in [2.24, 2.45) is 0 Å². The first-order chi connectivity index (χ1) is 7.98. The summed E-state index contributed by atoms with van der Waals surface area (Å²) in [4.78, 5) is 16.2. The average Bonchev–Trinajstić information content (AvgIpc) is 2.57. The molecular weight excluding hydrogens is 212 g/mol. The Bertz CT molecular complexity index is 638. The van der Waals surface area contributed by atoms with Gasteiger partial charge in [-0.25, -0.2) is 0 Å². The van der Waals surface area contributed by atoms with Gasteiger partial charge in [-0.3, -0.25) is 9.78 Å². The maximum Gasteiger partial charge on any atom is 0.256 e. The molecule has 1 aliphatic heterocycles. The summed E-state index contributed by atoms with van der Waals surface area (Å²) in [5.41, 5.74) is 3.74. The molecule has 0 spiro atoms. The molecule has 0 aliphatic carbocycles. The molecule has 0 saturated heterocycles. The Morgan fingerprint density at radius 2 is 1.94 bits per heavy atom. The molecule has 1 N–H and O–H groups in total. The molecule has 86 valence electrons. The fourth-order valence-electron chi connectivity index (χ4n) is 2.36. The highest BCUT2D eigenvalue weighted by molar-refractivity contribution is 6.23. The maximum absolute atomic E-state index is 11.8. The van der Waals surface area contributed by atoms with Crippen LogP contribution < -0.4 is 5.32 Å². The summed E-state index contributed by atoms with van der Waals surface area (Å²) < 4.78 is 0. The average molecular weight is 226 g/mol. The van der Waals surface area contributed by atoms with E-state index in [9.17, 15) is 4.79 Å². The van der Waals surface area contributed by atoms with Gasteiger partial charge in [-0.15, -0.1) is 0 Å². The number of anilines is 1. The first-order valence-electron chi connectivity index (χ1n) is 5.72. The summed E-state index contributed by atoms with van der Waals surface area (Å²) in [5.74, 6) is -0.0292. The predicted molar refractivity (Wildman–Crippen MR) is 68.4 cm³/mol. The van der Waals surface area contributed by atoms with Gasteiger partial charge >= 0.3 is 0 Å². The van der Waals surface area contributed by atoms with Crippen LogP contribution in [-0.4, -0.2) is 10.9 Å². The van der Waals surface area contributed by atoms with E-state index in [1.165, 1.54) is 5.56 Å². The molecule has 1 aromatic carbocycles. The van der Waals surface area contributed by atoms with Gasteiger partial charge in [-0.05, 0) is 23.1 Å². The van der Waals surface area contributed by atoms with E-state index in [4.69, 9.17) is 0 Å². The van der Waals surface area contributed by atoms with Crippen LogP contribution in [0.2, 0.25) is 0 Å². The number of nitrogens with zero attached hydrogens (tertiary/aromatic N) is 1. The van der Waals surface area contributed by atoms with E-state index < -0.39 is 0 Å². The molecule has 1 aromatic heterocycles. The standard InChI is InChI=1S/C14H14N2O/c1-14(2,3)9-4-5-10-11-8(13(17)16-10)6-7-15-12(9)11/h4-7H,1-3H3,(H,16,17). The minimum absolute atomic E-state index is 0.0236. The second-order valence-electron chi connectivity index (χ2n) is 5.45. The van der Waals surface area contributed by atoms with Crippen molar-refractivity contribution in [3.05, 3.63) is 35.5 Å². The highest BCUT2D eigenvalue weighted by Crippen LogP contribution is 2.37. The summed E-state index contributed by atoms with van der Waals surface area (Å²) in [6, 6.07) is 5.81. The Kier molecular flexibility index (Phi) is 1.85. The van der Waals surface area contributed by atoms with Crippen molar-refractivity contribution >= 4 is 22.5 Å². The van der Waals surface area contributed by atoms with Crippen LogP contribution in [0.15, 0.2) is 24.4 Å². The minimum atomic E-state index is -0.0292. The van der Waals surface area contributed by atoms with Crippen molar-refractivity contribution in [1.82, 2.24) is 4.98 Å². The molecule has 0 bridgehead atoms. The number of aromatic nitrogens is 1. The highest BCUT2D eigenvalue weighted by atomic mass is 16.1. The zero-order valence-corrected chi connectivity index (χ0v) is 10.2. The van der Waals surface area contributed by atoms with Crippen LogP contribution in [0.5, 0.6) is 0 Å². The Hall–Kier alpha value is -1.90. The summed E-state index contributed by atoms with van der Waals surface area (Å²) in [7, 11) is 0. The first kappa shape index (κ1) is 10.3. The number of nitrogens with one attached hydrogen (secondary N) is 1. The lowest BCUT2D eigenvalue weighted by atomic mass is 9.85. The Balaban J connectivity index is 2.45. The molecule has 0 fully saturated rings. The second-order valence-corrected chi connectivity index (χ2v) is 5.45. The van der Waals surface area contributed by atoms with Gasteiger partial charge in [0.05, 0.1) is 16.8 Å². The summed E-state index contributed by atoms with van der Waals surface area (Å²) >= 11 is 0. The molecule has 3 rings (SSSR count). The van der Waals surface area contributed by atoms with Crippen LogP contribution in [0.1, 0.15) is 36.7 Å². The van der Waals surface area contributed by atoms with E-state index in [2.05, 4.69) is 37.1 Å². The molecule has 3 nitrogen and oxygen atoms in total. The normalized spacial score (nSPS) is 14.2. The van der Waals surface area contributed by atoms with Crippen molar-refractivity contribution in [2.75, 3.05) is 5.32 Å². The maximum atomic E-state index is 11.8. The summed E-state index contributed by atoms with van der Waals surface area (Å²) in [6.45, 7) is 6.47. The Morgan fingerprint density at radius 1 is 1.18 bits per heavy atom. The lowest BCUT2D eigenvalue weighted by Gasteiger charge is -2.20. The molecule has 0 saturated carbocycles. The molecule has 2 heterocycles. The van der Waals surface area contributed by atoms with E-state index in [-0.39, 0.29) is 11.3 Å². The predicted octanol–water partition coefficient (Wildman–Crippen LogP) is 3.10. The molecule has 3 heteroatoms. The molecule has 0 radical (unpaired) electrons. The van der Waals surface area contributed by atoms with Crippen LogP contribution in [-0.2, 0) is 5.41 Å². The van der Waals surface area contributed by atoms with Gasteiger partial charge in [0.15, 0.2) is 0 Å². The minimum Gasteiger partial charge on any atom is -0.321 e. The second kappa shape index (κ2) is 3.06. The summed E-state index contributed by atoms with van der Waals surface area (Å²) in [5, 5.41) is 3.83. The number of hydrogen-bond donors (Lipinski definition) is 1. The lowest BCUT2D eigenvalue weighted by Crippen LogP contribution is -2.12. The van der Waals surface area contributed by atoms with Gasteiger partial charge in [0.2, 0.25) is 0 Å². The number of benzene rings is 1. The number of amides is 1. The molecular formula is C14H14N2O. The number of hydrogen-bond acceptors (Lipinski definition) is 2. The molecule has 17 heavy (non-hydrogen) atoms. The van der Waals surface area contributed by atoms with Gasteiger partial charge in [0.1, 0.15) is 0 Å². The highest BCUT2D eigenvalue weighted by Gasteiger charge is 2.26. The lowest BCUT2D eigenvalue weighted by molar-refractivity contribution is 0.103. The van der Waals surface area contributed by atoms with Crippen LogP contribution >= 0.6 is 0 Å². The summed E-state index contributed by atoms with van der Waals surface area (Å²) in [6.07, 6.45) is 1.71. The van der Waals surface area contributed by atoms with Crippen molar-refractivity contribution in [3.63, 3.8) is 0 Å². The number of carbonyl (C=O) groups is 1. The third-order valence-electron chi connectivity index (χ3n) is 3.19. The van der Waals surface area contributed by atoms with E-state index in [0.717, 1.165) is 22.2 Å². The first-order valence-corrected chi connectivity index (χ1v) is 5.72. The fraction of sp³-hybridized carbons (Fsp3) is 0.286. The van der Waals surface area contributed by atoms with Gasteiger partial charge in [-0.2, -0.15) is 0 Å². The molecule has 2 aromatic rings. The number of carbonyl (C=O) groups excluding carboxylic acids is 1. The number of rotatable bonds is 0. The van der Waals surface area contributed by atoms with Crippen LogP contribution in [0.25, 0.3) is 10.9 Å². The Labute approximate surface area is 99.9 Å². The van der Waals surface area contributed by atoms with Crippen LogP contribution in [0, 0.1) is 0 Å². The van der Waals surface area contributed by atoms with E-state index in [1.807, 2.05) is 6.07 Å². The van der Waals surface area contributed by atoms with Crippen molar-refractivity contribution < 1.29 is 4.79 Å². The molecule has 0 atom stereocenters. The third-order valence-corrected chi connectivity index (χ3v) is 3.19. The molecule has 1 amide bonds. The van der Waals surface area contributed by atoms with E-state index >= 15 is 0 Å². The topological polar surface area (TPSA) is 42.0 Å². The van der Waals surface area contributed by atoms with Crippen molar-refractivity contribution in [3.8, 4) is 0 Å². The van der Waals surface area contributed by atoms with Crippen molar-refractivity contribution in [2.45, 2.75) is 26.2 Å². The van der Waals surface area contributed by atoms with Gasteiger partial charge in [0, 0.05) is 11.6 Å². The van der Waals surface area contributed by atoms with Gasteiger partial charge < -0.3 is 5.32 Å². The van der Waals surface area contributed by atoms with E-state index in [1.54, 1.807) is 12.3 Å². The van der Waals surface area contributed by atoms with Crippen LogP contribution in [0.4, 0.5) is 5.69 Å². The third kappa shape index (κ3) is 1.35.